The lowest BCUT2D eigenvalue weighted by Crippen LogP contribution is -2.24. The Balaban J connectivity index is 1.74. The van der Waals surface area contributed by atoms with Crippen LogP contribution in [0.25, 0.3) is 5.69 Å². The molecular weight excluding hydrogens is 238 g/mol. The van der Waals surface area contributed by atoms with Gasteiger partial charge in [0.05, 0.1) is 5.92 Å². The fraction of sp³-hybridized carbons (Fsp3) is 0.267. The predicted molar refractivity (Wildman–Crippen MR) is 75.4 cm³/mol. The summed E-state index contributed by atoms with van der Waals surface area (Å²) in [5.74, 6) is 0.199. The molecule has 2 N–H and O–H groups in total. The predicted octanol–water partition coefficient (Wildman–Crippen LogP) is 2.03. The standard InChI is InChI=1S/C15H17N3O/c19-15(12-6-7-16-11-12)17-13-4-3-5-14(10-13)18-8-1-2-9-18/h1-5,8-10,12,16H,6-7,11H2,(H,17,19). The second kappa shape index (κ2) is 5.28. The van der Waals surface area contributed by atoms with E-state index in [4.69, 9.17) is 0 Å². The van der Waals surface area contributed by atoms with Crippen LogP contribution in [0, 0.1) is 5.92 Å². The van der Waals surface area contributed by atoms with Gasteiger partial charge in [0, 0.05) is 30.3 Å². The molecule has 1 aromatic carbocycles. The van der Waals surface area contributed by atoms with Crippen molar-refractivity contribution in [1.29, 1.82) is 0 Å². The molecule has 4 nitrogen and oxygen atoms in total. The Morgan fingerprint density at radius 2 is 2.11 bits per heavy atom. The number of aromatic nitrogens is 1. The van der Waals surface area contributed by atoms with Crippen molar-refractivity contribution in [2.75, 3.05) is 18.4 Å². The maximum atomic E-state index is 12.1. The van der Waals surface area contributed by atoms with Gasteiger partial charge in [-0.3, -0.25) is 4.79 Å². The van der Waals surface area contributed by atoms with Gasteiger partial charge in [-0.05, 0) is 43.3 Å². The summed E-state index contributed by atoms with van der Waals surface area (Å²) in [4.78, 5) is 12.1. The van der Waals surface area contributed by atoms with E-state index in [2.05, 4.69) is 10.6 Å². The van der Waals surface area contributed by atoms with Crippen LogP contribution in [-0.2, 0) is 4.79 Å². The fourth-order valence-corrected chi connectivity index (χ4v) is 2.37. The van der Waals surface area contributed by atoms with Gasteiger partial charge in [0.2, 0.25) is 5.91 Å². The second-order valence-electron chi connectivity index (χ2n) is 4.82. The van der Waals surface area contributed by atoms with E-state index in [-0.39, 0.29) is 11.8 Å². The molecule has 0 spiro atoms. The van der Waals surface area contributed by atoms with Crippen LogP contribution >= 0.6 is 0 Å². The van der Waals surface area contributed by atoms with Crippen LogP contribution in [0.15, 0.2) is 48.8 Å². The van der Waals surface area contributed by atoms with E-state index >= 15 is 0 Å². The molecular formula is C15H17N3O. The SMILES string of the molecule is O=C(Nc1cccc(-n2cccc2)c1)C1CCNC1. The Hall–Kier alpha value is -2.07. The molecule has 1 aliphatic heterocycles. The summed E-state index contributed by atoms with van der Waals surface area (Å²) in [5, 5.41) is 6.20. The molecule has 3 rings (SSSR count). The normalized spacial score (nSPS) is 18.4. The minimum atomic E-state index is 0.0928. The lowest BCUT2D eigenvalue weighted by Gasteiger charge is -2.11. The lowest BCUT2D eigenvalue weighted by atomic mass is 10.1. The maximum Gasteiger partial charge on any atom is 0.228 e. The number of hydrogen-bond acceptors (Lipinski definition) is 2. The van der Waals surface area contributed by atoms with Gasteiger partial charge in [0.25, 0.3) is 0 Å². The van der Waals surface area contributed by atoms with Crippen molar-refractivity contribution in [2.45, 2.75) is 6.42 Å². The van der Waals surface area contributed by atoms with E-state index < -0.39 is 0 Å². The first kappa shape index (κ1) is 12.0. The molecule has 1 amide bonds. The molecule has 0 aliphatic carbocycles. The van der Waals surface area contributed by atoms with E-state index in [0.29, 0.717) is 0 Å². The van der Waals surface area contributed by atoms with Gasteiger partial charge < -0.3 is 15.2 Å². The van der Waals surface area contributed by atoms with Crippen molar-refractivity contribution in [3.63, 3.8) is 0 Å². The number of carbonyl (C=O) groups is 1. The summed E-state index contributed by atoms with van der Waals surface area (Å²) in [5.41, 5.74) is 1.90. The first-order valence-corrected chi connectivity index (χ1v) is 6.58. The van der Waals surface area contributed by atoms with E-state index in [1.165, 1.54) is 0 Å². The molecule has 1 saturated heterocycles. The zero-order chi connectivity index (χ0) is 13.1. The number of rotatable bonds is 3. The van der Waals surface area contributed by atoms with E-state index in [9.17, 15) is 4.79 Å². The van der Waals surface area contributed by atoms with Gasteiger partial charge in [-0.2, -0.15) is 0 Å². The molecule has 4 heteroatoms. The highest BCUT2D eigenvalue weighted by molar-refractivity contribution is 5.93. The molecule has 1 atom stereocenters. The number of carbonyl (C=O) groups excluding carboxylic acids is 1. The highest BCUT2D eigenvalue weighted by Gasteiger charge is 2.22. The molecule has 0 saturated carbocycles. The van der Waals surface area contributed by atoms with Crippen LogP contribution in [0.4, 0.5) is 5.69 Å². The minimum absolute atomic E-state index is 0.0928. The number of benzene rings is 1. The second-order valence-corrected chi connectivity index (χ2v) is 4.82. The van der Waals surface area contributed by atoms with Crippen molar-refractivity contribution >= 4 is 11.6 Å². The lowest BCUT2D eigenvalue weighted by molar-refractivity contribution is -0.119. The average molecular weight is 255 g/mol. The van der Waals surface area contributed by atoms with Crippen LogP contribution in [0.2, 0.25) is 0 Å². The monoisotopic (exact) mass is 255 g/mol. The maximum absolute atomic E-state index is 12.1. The highest BCUT2D eigenvalue weighted by Crippen LogP contribution is 2.17. The van der Waals surface area contributed by atoms with Crippen LogP contribution in [0.1, 0.15) is 6.42 Å². The first-order valence-electron chi connectivity index (χ1n) is 6.58. The van der Waals surface area contributed by atoms with E-state index in [0.717, 1.165) is 30.9 Å². The molecule has 1 aromatic heterocycles. The zero-order valence-corrected chi connectivity index (χ0v) is 10.7. The van der Waals surface area contributed by atoms with Crippen LogP contribution in [0.5, 0.6) is 0 Å². The van der Waals surface area contributed by atoms with Crippen molar-refractivity contribution in [3.8, 4) is 5.69 Å². The Morgan fingerprint density at radius 3 is 2.84 bits per heavy atom. The van der Waals surface area contributed by atoms with Gasteiger partial charge in [-0.15, -0.1) is 0 Å². The first-order chi connectivity index (χ1) is 9.33. The third-order valence-corrected chi connectivity index (χ3v) is 3.45. The topological polar surface area (TPSA) is 46.1 Å². The van der Waals surface area contributed by atoms with Crippen molar-refractivity contribution in [1.82, 2.24) is 9.88 Å². The molecule has 1 fully saturated rings. The van der Waals surface area contributed by atoms with Crippen molar-refractivity contribution in [3.05, 3.63) is 48.8 Å². The van der Waals surface area contributed by atoms with Gasteiger partial charge in [0.1, 0.15) is 0 Å². The third kappa shape index (κ3) is 2.69. The van der Waals surface area contributed by atoms with E-state index in [1.54, 1.807) is 0 Å². The quantitative estimate of drug-likeness (QED) is 0.881. The number of nitrogens with one attached hydrogen (secondary N) is 2. The molecule has 1 aliphatic rings. The van der Waals surface area contributed by atoms with Gasteiger partial charge in [-0.25, -0.2) is 0 Å². The number of hydrogen-bond donors (Lipinski definition) is 2. The van der Waals surface area contributed by atoms with Crippen molar-refractivity contribution in [2.24, 2.45) is 5.92 Å². The number of anilines is 1. The molecule has 2 aromatic rings. The molecule has 1 unspecified atom stereocenters. The largest absolute Gasteiger partial charge is 0.326 e. The van der Waals surface area contributed by atoms with Crippen LogP contribution in [-0.4, -0.2) is 23.6 Å². The third-order valence-electron chi connectivity index (χ3n) is 3.45. The zero-order valence-electron chi connectivity index (χ0n) is 10.7. The number of amides is 1. The summed E-state index contributed by atoms with van der Waals surface area (Å²) >= 11 is 0. The summed E-state index contributed by atoms with van der Waals surface area (Å²) in [6.07, 6.45) is 4.90. The molecule has 2 heterocycles. The smallest absolute Gasteiger partial charge is 0.228 e. The summed E-state index contributed by atoms with van der Waals surface area (Å²) in [6.45, 7) is 1.71. The molecule has 19 heavy (non-hydrogen) atoms. The van der Waals surface area contributed by atoms with Gasteiger partial charge >= 0.3 is 0 Å². The Labute approximate surface area is 112 Å². The van der Waals surface area contributed by atoms with Crippen LogP contribution in [0.3, 0.4) is 0 Å². The summed E-state index contributed by atoms with van der Waals surface area (Å²) in [7, 11) is 0. The average Bonchev–Trinajstić information content (AvgIpc) is 3.13. The van der Waals surface area contributed by atoms with E-state index in [1.807, 2.05) is 53.4 Å². The summed E-state index contributed by atoms with van der Waals surface area (Å²) < 4.78 is 2.02. The molecule has 98 valence electrons. The van der Waals surface area contributed by atoms with Crippen molar-refractivity contribution < 1.29 is 4.79 Å². The summed E-state index contributed by atoms with van der Waals surface area (Å²) in [6, 6.07) is 11.9. The molecule has 0 radical (unpaired) electrons. The fourth-order valence-electron chi connectivity index (χ4n) is 2.37. The number of nitrogens with zero attached hydrogens (tertiary/aromatic N) is 1. The Bertz CT molecular complexity index is 557. The van der Waals surface area contributed by atoms with Gasteiger partial charge in [0.15, 0.2) is 0 Å². The van der Waals surface area contributed by atoms with Gasteiger partial charge in [-0.1, -0.05) is 6.07 Å². The highest BCUT2D eigenvalue weighted by atomic mass is 16.1. The Kier molecular flexibility index (Phi) is 3.33. The molecule has 0 bridgehead atoms. The Morgan fingerprint density at radius 1 is 1.26 bits per heavy atom. The minimum Gasteiger partial charge on any atom is -0.326 e. The van der Waals surface area contributed by atoms with Crippen LogP contribution < -0.4 is 10.6 Å².